The Morgan fingerprint density at radius 2 is 1.95 bits per heavy atom. The first-order valence-corrected chi connectivity index (χ1v) is 12.0. The topological polar surface area (TPSA) is 142 Å². The summed E-state index contributed by atoms with van der Waals surface area (Å²) in [5.74, 6) is 1.00. The van der Waals surface area contributed by atoms with Crippen LogP contribution in [0.25, 0.3) is 5.69 Å². The lowest BCUT2D eigenvalue weighted by atomic mass is 9.99. The van der Waals surface area contributed by atoms with Gasteiger partial charge >= 0.3 is 0 Å². The van der Waals surface area contributed by atoms with Gasteiger partial charge in [0.25, 0.3) is 12.0 Å². The zero-order valence-electron chi connectivity index (χ0n) is 19.9. The number of nitrogens with one attached hydrogen (secondary N) is 1. The molecule has 1 aliphatic carbocycles. The van der Waals surface area contributed by atoms with Crippen molar-refractivity contribution in [2.45, 2.75) is 36.9 Å². The molecule has 2 aromatic heterocycles. The minimum absolute atomic E-state index is 0.0140. The van der Waals surface area contributed by atoms with Crippen molar-refractivity contribution < 1.29 is 23.8 Å². The van der Waals surface area contributed by atoms with E-state index in [1.807, 2.05) is 24.3 Å². The molecule has 12 heteroatoms. The molecule has 0 radical (unpaired) electrons. The van der Waals surface area contributed by atoms with Crippen molar-refractivity contribution in [2.75, 3.05) is 25.1 Å². The molecule has 0 bridgehead atoms. The Bertz CT molecular complexity index is 1280. The smallest absolute Gasteiger partial charge is 0.292 e. The largest absolute Gasteiger partial charge is 0.483 e. The fourth-order valence-corrected chi connectivity index (χ4v) is 4.10. The van der Waals surface area contributed by atoms with Crippen molar-refractivity contribution in [3.63, 3.8) is 0 Å². The molecule has 10 nitrogen and oxygen atoms in total. The molecule has 1 aromatic carbocycles. The molecule has 2 aliphatic rings. The van der Waals surface area contributed by atoms with Crippen molar-refractivity contribution >= 4 is 23.8 Å². The van der Waals surface area contributed by atoms with Gasteiger partial charge in [-0.25, -0.2) is 9.37 Å². The highest BCUT2D eigenvalue weighted by Gasteiger charge is 2.39. The maximum absolute atomic E-state index is 14.7. The fourth-order valence-electron chi connectivity index (χ4n) is 3.91. The molecule has 0 spiro atoms. The zero-order valence-corrected chi connectivity index (χ0v) is 20.7. The molecule has 5 rings (SSSR count). The number of anilines is 1. The summed E-state index contributed by atoms with van der Waals surface area (Å²) < 4.78 is 26.9. The Kier molecular flexibility index (Phi) is 8.06. The van der Waals surface area contributed by atoms with Gasteiger partial charge in [-0.3, -0.25) is 9.59 Å². The lowest BCUT2D eigenvalue weighted by molar-refractivity contribution is -0.122. The average Bonchev–Trinajstić information content (AvgIpc) is 3.65. The van der Waals surface area contributed by atoms with Crippen molar-refractivity contribution in [3.05, 3.63) is 69.7 Å². The second kappa shape index (κ2) is 11.2. The summed E-state index contributed by atoms with van der Waals surface area (Å²) in [7, 11) is 0. The molecule has 2 fully saturated rings. The maximum atomic E-state index is 14.7. The third-order valence-corrected chi connectivity index (χ3v) is 6.56. The van der Waals surface area contributed by atoms with Crippen LogP contribution in [-0.2, 0) is 15.1 Å². The van der Waals surface area contributed by atoms with Crippen LogP contribution >= 0.6 is 11.6 Å². The van der Waals surface area contributed by atoms with Gasteiger partial charge in [0, 0.05) is 18.2 Å². The number of alkyl halides is 1. The molecule has 1 atom stereocenters. The Hall–Kier alpha value is -3.54. The highest BCUT2D eigenvalue weighted by Crippen LogP contribution is 2.43. The van der Waals surface area contributed by atoms with E-state index in [9.17, 15) is 9.18 Å². The Balaban J connectivity index is 0.00000102. The third kappa shape index (κ3) is 6.43. The molecule has 0 amide bonds. The van der Waals surface area contributed by atoms with Crippen molar-refractivity contribution in [1.29, 1.82) is 0 Å². The fraction of sp³-hybridized carbons (Fsp3) is 0.360. The van der Waals surface area contributed by atoms with Gasteiger partial charge in [-0.05, 0) is 49.4 Å². The number of nitrogens with two attached hydrogens (primary N) is 1. The number of carbonyl (C=O) groups is 1. The van der Waals surface area contributed by atoms with Crippen LogP contribution in [0, 0.1) is 0 Å². The molecular formula is C25H27ClFN5O5. The molecule has 1 saturated carbocycles. The van der Waals surface area contributed by atoms with E-state index in [0.29, 0.717) is 36.8 Å². The summed E-state index contributed by atoms with van der Waals surface area (Å²) in [5.41, 5.74) is 5.76. The normalized spacial score (nSPS) is 19.8. The van der Waals surface area contributed by atoms with Crippen LogP contribution in [0.1, 0.15) is 31.2 Å². The molecule has 0 unspecified atom stereocenters. The second-order valence-electron chi connectivity index (χ2n) is 8.99. The van der Waals surface area contributed by atoms with E-state index in [0.717, 1.165) is 23.1 Å². The number of pyridine rings is 1. The number of aromatic nitrogens is 3. The number of halogens is 2. The Morgan fingerprint density at radius 1 is 1.22 bits per heavy atom. The van der Waals surface area contributed by atoms with Crippen LogP contribution in [0.5, 0.6) is 11.6 Å². The van der Waals surface area contributed by atoms with Gasteiger partial charge in [0.05, 0.1) is 36.9 Å². The van der Waals surface area contributed by atoms with Crippen molar-refractivity contribution in [3.8, 4) is 17.3 Å². The zero-order chi connectivity index (χ0) is 26.5. The lowest BCUT2D eigenvalue weighted by Crippen LogP contribution is -2.40. The monoisotopic (exact) mass is 531 g/mol. The number of carboxylic acid groups (broad SMARTS) is 1. The minimum atomic E-state index is -1.50. The third-order valence-electron chi connectivity index (χ3n) is 6.19. The molecule has 1 aliphatic heterocycles. The van der Waals surface area contributed by atoms with E-state index >= 15 is 0 Å². The molecular weight excluding hydrogens is 505 g/mol. The highest BCUT2D eigenvalue weighted by molar-refractivity contribution is 6.32. The first-order chi connectivity index (χ1) is 17.8. The van der Waals surface area contributed by atoms with E-state index in [4.69, 9.17) is 36.7 Å². The van der Waals surface area contributed by atoms with Gasteiger partial charge in [-0.1, -0.05) is 23.7 Å². The van der Waals surface area contributed by atoms with E-state index in [1.165, 1.54) is 12.4 Å². The first kappa shape index (κ1) is 26.5. The predicted molar refractivity (Wildman–Crippen MR) is 135 cm³/mol. The Labute approximate surface area is 217 Å². The van der Waals surface area contributed by atoms with Crippen molar-refractivity contribution in [2.24, 2.45) is 5.73 Å². The highest BCUT2D eigenvalue weighted by atomic mass is 35.5. The number of benzene rings is 1. The minimum Gasteiger partial charge on any atom is -0.483 e. The molecule has 4 N–H and O–H groups in total. The van der Waals surface area contributed by atoms with Gasteiger partial charge in [0.2, 0.25) is 5.88 Å². The van der Waals surface area contributed by atoms with Crippen LogP contribution in [0.2, 0.25) is 5.02 Å². The number of hydrogen-bond acceptors (Lipinski definition) is 8. The summed E-state index contributed by atoms with van der Waals surface area (Å²) in [5, 5.41) is 13.9. The second-order valence-corrected chi connectivity index (χ2v) is 9.37. The maximum Gasteiger partial charge on any atom is 0.292 e. The number of nitrogens with zero attached hydrogens (tertiary/aromatic N) is 3. The first-order valence-electron chi connectivity index (χ1n) is 11.7. The van der Waals surface area contributed by atoms with Gasteiger partial charge in [0.15, 0.2) is 5.67 Å². The standard InChI is InChI=1S/C24H25ClFN5O3.CH2O2/c25-21-19(29-14-23(26)8-1-11-33-15-23)13-30-31(22(21)32)17-4-7-20(28-12-17)34-18-5-2-16(3-6-18)24(27)9-10-24;2-1-3/h2-7,12-13,29H,1,8-11,14-15,27H2;1H,(H,2,3)/t23-;/m0./s1. The average molecular weight is 532 g/mol. The lowest BCUT2D eigenvalue weighted by Gasteiger charge is -2.29. The molecule has 37 heavy (non-hydrogen) atoms. The van der Waals surface area contributed by atoms with Crippen molar-refractivity contribution in [1.82, 2.24) is 14.8 Å². The SMILES string of the molecule is NC1(c2ccc(Oc3ccc(-n4ncc(NC[C@@]5(F)CCCOC5)c(Cl)c4=O)cn3)cc2)CC1.O=CO. The van der Waals surface area contributed by atoms with E-state index < -0.39 is 11.2 Å². The molecule has 1 saturated heterocycles. The summed E-state index contributed by atoms with van der Waals surface area (Å²) >= 11 is 6.26. The summed E-state index contributed by atoms with van der Waals surface area (Å²) in [6.07, 6.45) is 5.90. The van der Waals surface area contributed by atoms with Gasteiger partial charge in [-0.2, -0.15) is 9.78 Å². The number of ether oxygens (including phenoxy) is 2. The predicted octanol–water partition coefficient (Wildman–Crippen LogP) is 3.65. The van der Waals surface area contributed by atoms with Gasteiger partial charge in [0.1, 0.15) is 10.8 Å². The summed E-state index contributed by atoms with van der Waals surface area (Å²) in [6.45, 7) is 0.307. The van der Waals surface area contributed by atoms with Crippen LogP contribution in [-0.4, -0.2) is 51.8 Å². The van der Waals surface area contributed by atoms with Gasteiger partial charge < -0.3 is 25.6 Å². The summed E-state index contributed by atoms with van der Waals surface area (Å²) in [6, 6.07) is 10.9. The van der Waals surface area contributed by atoms with E-state index in [2.05, 4.69) is 15.4 Å². The van der Waals surface area contributed by atoms with E-state index in [-0.39, 0.29) is 35.9 Å². The van der Waals surface area contributed by atoms with Crippen LogP contribution in [0.15, 0.2) is 53.6 Å². The molecule has 3 heterocycles. The molecule has 3 aromatic rings. The van der Waals surface area contributed by atoms with Gasteiger partial charge in [-0.15, -0.1) is 0 Å². The van der Waals surface area contributed by atoms with Crippen LogP contribution in [0.3, 0.4) is 0 Å². The summed E-state index contributed by atoms with van der Waals surface area (Å²) in [4.78, 5) is 25.4. The molecule has 196 valence electrons. The quantitative estimate of drug-likeness (QED) is 0.389. The van der Waals surface area contributed by atoms with E-state index in [1.54, 1.807) is 12.1 Å². The number of rotatable bonds is 7. The Morgan fingerprint density at radius 3 is 2.54 bits per heavy atom. The van der Waals surface area contributed by atoms with Crippen LogP contribution in [0.4, 0.5) is 10.1 Å². The number of hydrogen-bond donors (Lipinski definition) is 3. The van der Waals surface area contributed by atoms with Crippen LogP contribution < -0.4 is 21.3 Å².